The molecule has 0 saturated carbocycles. The summed E-state index contributed by atoms with van der Waals surface area (Å²) in [5.41, 5.74) is 3.79. The van der Waals surface area contributed by atoms with Gasteiger partial charge in [-0.2, -0.15) is 0 Å². The van der Waals surface area contributed by atoms with Crippen LogP contribution < -0.4 is 0 Å². The monoisotopic (exact) mass is 258 g/mol. The van der Waals surface area contributed by atoms with E-state index < -0.39 is 0 Å². The molecule has 104 valence electrons. The van der Waals surface area contributed by atoms with Gasteiger partial charge in [-0.1, -0.05) is 53.7 Å². The second-order valence-electron chi connectivity index (χ2n) is 4.70. The first-order valence-electron chi connectivity index (χ1n) is 6.52. The lowest BCUT2D eigenvalue weighted by molar-refractivity contribution is 0.306. The normalized spacial score (nSPS) is 14.3. The molecule has 0 atom stereocenters. The molecule has 0 saturated heterocycles. The topological polar surface area (TPSA) is 9.23 Å². The minimum absolute atomic E-state index is 0.936. The Kier molecular flexibility index (Phi) is 9.25. The zero-order valence-corrected chi connectivity index (χ0v) is 12.9. The molecule has 1 aliphatic rings. The van der Waals surface area contributed by atoms with Crippen molar-refractivity contribution < 1.29 is 4.74 Å². The first-order valence-corrected chi connectivity index (χ1v) is 6.52. The van der Waals surface area contributed by atoms with Crippen molar-refractivity contribution >= 4 is 0 Å². The maximum absolute atomic E-state index is 5.08. The lowest BCUT2D eigenvalue weighted by Gasteiger charge is -1.97. The Labute approximate surface area is 118 Å². The largest absolute Gasteiger partial charge is 0.497 e. The first kappa shape index (κ1) is 17.2. The summed E-state index contributed by atoms with van der Waals surface area (Å²) in [4.78, 5) is 0. The maximum Gasteiger partial charge on any atom is 0.118 e. The van der Waals surface area contributed by atoms with Gasteiger partial charge < -0.3 is 4.74 Å². The van der Waals surface area contributed by atoms with E-state index in [0.29, 0.717) is 0 Å². The van der Waals surface area contributed by atoms with Crippen LogP contribution in [0, 0.1) is 0 Å². The standard InChI is InChI=1S/C9H12O.C9H14/c1-8-5-3-4-6-9(7-8)10-2;1-5-9(4)7-6-8(2)3/h4-7H,3H2,1-2H3;5-7H,1H2,2-4H3/b;9-7-. The lowest BCUT2D eigenvalue weighted by atomic mass is 10.2. The van der Waals surface area contributed by atoms with Crippen molar-refractivity contribution in [1.82, 2.24) is 0 Å². The second-order valence-corrected chi connectivity index (χ2v) is 4.70. The van der Waals surface area contributed by atoms with E-state index in [1.54, 1.807) is 7.11 Å². The van der Waals surface area contributed by atoms with E-state index in [-0.39, 0.29) is 0 Å². The maximum atomic E-state index is 5.08. The Morgan fingerprint density at radius 1 is 1.26 bits per heavy atom. The smallest absolute Gasteiger partial charge is 0.118 e. The van der Waals surface area contributed by atoms with Crippen LogP contribution in [0.5, 0.6) is 0 Å². The fourth-order valence-corrected chi connectivity index (χ4v) is 1.26. The van der Waals surface area contributed by atoms with Gasteiger partial charge in [0.2, 0.25) is 0 Å². The number of hydrogen-bond donors (Lipinski definition) is 0. The Bertz CT molecular complexity index is 425. The fourth-order valence-electron chi connectivity index (χ4n) is 1.26. The van der Waals surface area contributed by atoms with Gasteiger partial charge in [0.25, 0.3) is 0 Å². The van der Waals surface area contributed by atoms with Gasteiger partial charge in [0.15, 0.2) is 0 Å². The molecule has 0 aromatic heterocycles. The number of rotatable bonds is 3. The number of allylic oxidation sites excluding steroid dienone is 10. The third-order valence-corrected chi connectivity index (χ3v) is 2.47. The molecule has 0 aliphatic heterocycles. The summed E-state index contributed by atoms with van der Waals surface area (Å²) in [5, 5.41) is 0. The SMILES string of the molecule is C=C/C(C)=C\C=C(C)C.COC1=CC(C)=CCC=C1. The summed E-state index contributed by atoms with van der Waals surface area (Å²) in [6.45, 7) is 11.9. The minimum atomic E-state index is 0.936. The summed E-state index contributed by atoms with van der Waals surface area (Å²) in [6.07, 6.45) is 15.3. The first-order chi connectivity index (χ1) is 8.99. The van der Waals surface area contributed by atoms with Gasteiger partial charge in [-0.05, 0) is 46.3 Å². The third-order valence-electron chi connectivity index (χ3n) is 2.47. The van der Waals surface area contributed by atoms with Crippen LogP contribution in [0.15, 0.2) is 71.6 Å². The lowest BCUT2D eigenvalue weighted by Crippen LogP contribution is -1.80. The van der Waals surface area contributed by atoms with Crippen molar-refractivity contribution in [2.24, 2.45) is 0 Å². The summed E-state index contributed by atoms with van der Waals surface area (Å²) in [5.74, 6) is 0.936. The molecule has 1 aliphatic carbocycles. The number of hydrogen-bond acceptors (Lipinski definition) is 1. The highest BCUT2D eigenvalue weighted by Crippen LogP contribution is 2.10. The Balaban J connectivity index is 0.000000344. The zero-order chi connectivity index (χ0) is 14.7. The minimum Gasteiger partial charge on any atom is -0.497 e. The molecule has 0 unspecified atom stereocenters. The predicted octanol–water partition coefficient (Wildman–Crippen LogP) is 5.51. The molecule has 0 heterocycles. The molecular formula is C18H26O. The Morgan fingerprint density at radius 3 is 2.47 bits per heavy atom. The highest BCUT2D eigenvalue weighted by atomic mass is 16.5. The molecule has 0 aromatic rings. The molecule has 0 aromatic carbocycles. The zero-order valence-electron chi connectivity index (χ0n) is 12.9. The fraction of sp³-hybridized carbons (Fsp3) is 0.333. The molecule has 0 bridgehead atoms. The van der Waals surface area contributed by atoms with E-state index in [9.17, 15) is 0 Å². The number of ether oxygens (including phenoxy) is 1. The van der Waals surface area contributed by atoms with Crippen LogP contribution in [-0.2, 0) is 4.74 Å². The Hall–Kier alpha value is -1.76. The highest BCUT2D eigenvalue weighted by molar-refractivity contribution is 5.28. The van der Waals surface area contributed by atoms with Crippen LogP contribution >= 0.6 is 0 Å². The van der Waals surface area contributed by atoms with Gasteiger partial charge in [-0.3, -0.25) is 0 Å². The van der Waals surface area contributed by atoms with Crippen molar-refractivity contribution in [2.75, 3.05) is 7.11 Å². The molecule has 19 heavy (non-hydrogen) atoms. The Morgan fingerprint density at radius 2 is 1.95 bits per heavy atom. The summed E-state index contributed by atoms with van der Waals surface area (Å²) < 4.78 is 5.08. The molecule has 0 fully saturated rings. The van der Waals surface area contributed by atoms with Gasteiger partial charge in [0, 0.05) is 0 Å². The third kappa shape index (κ3) is 9.90. The predicted molar refractivity (Wildman–Crippen MR) is 86.0 cm³/mol. The van der Waals surface area contributed by atoms with E-state index in [4.69, 9.17) is 4.74 Å². The average molecular weight is 258 g/mol. The van der Waals surface area contributed by atoms with Gasteiger partial charge in [0.05, 0.1) is 7.11 Å². The summed E-state index contributed by atoms with van der Waals surface area (Å²) in [6, 6.07) is 0. The van der Waals surface area contributed by atoms with E-state index in [1.807, 2.05) is 25.2 Å². The summed E-state index contributed by atoms with van der Waals surface area (Å²) >= 11 is 0. The van der Waals surface area contributed by atoms with E-state index in [0.717, 1.165) is 12.2 Å². The molecule has 0 spiro atoms. The van der Waals surface area contributed by atoms with Crippen molar-refractivity contribution in [1.29, 1.82) is 0 Å². The van der Waals surface area contributed by atoms with Crippen LogP contribution in [0.4, 0.5) is 0 Å². The molecule has 0 radical (unpaired) electrons. The van der Waals surface area contributed by atoms with E-state index in [1.165, 1.54) is 16.7 Å². The van der Waals surface area contributed by atoms with Crippen LogP contribution in [0.25, 0.3) is 0 Å². The van der Waals surface area contributed by atoms with Crippen molar-refractivity contribution in [3.05, 3.63) is 71.6 Å². The van der Waals surface area contributed by atoms with Crippen molar-refractivity contribution in [3.8, 4) is 0 Å². The van der Waals surface area contributed by atoms with Crippen molar-refractivity contribution in [3.63, 3.8) is 0 Å². The quantitative estimate of drug-likeness (QED) is 0.607. The van der Waals surface area contributed by atoms with E-state index in [2.05, 4.69) is 51.7 Å². The highest BCUT2D eigenvalue weighted by Gasteiger charge is 1.93. The van der Waals surface area contributed by atoms with Gasteiger partial charge >= 0.3 is 0 Å². The van der Waals surface area contributed by atoms with Gasteiger partial charge in [-0.25, -0.2) is 0 Å². The summed E-state index contributed by atoms with van der Waals surface area (Å²) in [7, 11) is 1.69. The van der Waals surface area contributed by atoms with Crippen LogP contribution in [0.1, 0.15) is 34.1 Å². The van der Waals surface area contributed by atoms with Crippen LogP contribution in [-0.4, -0.2) is 7.11 Å². The average Bonchev–Trinajstić information content (AvgIpc) is 2.60. The number of methoxy groups -OCH3 is 1. The van der Waals surface area contributed by atoms with E-state index >= 15 is 0 Å². The molecule has 0 amide bonds. The van der Waals surface area contributed by atoms with Crippen molar-refractivity contribution in [2.45, 2.75) is 34.1 Å². The molecule has 1 rings (SSSR count). The van der Waals surface area contributed by atoms with Crippen LogP contribution in [0.2, 0.25) is 0 Å². The molecule has 1 heteroatoms. The molecule has 1 nitrogen and oxygen atoms in total. The molecule has 0 N–H and O–H groups in total. The second kappa shape index (κ2) is 10.2. The van der Waals surface area contributed by atoms with Gasteiger partial charge in [-0.15, -0.1) is 0 Å². The van der Waals surface area contributed by atoms with Crippen LogP contribution in [0.3, 0.4) is 0 Å². The molecular weight excluding hydrogens is 232 g/mol. The van der Waals surface area contributed by atoms with Gasteiger partial charge in [0.1, 0.15) is 5.76 Å².